The molecule has 3 heterocycles. The zero-order valence-electron chi connectivity index (χ0n) is 8.73. The van der Waals surface area contributed by atoms with E-state index in [0.717, 1.165) is 25.4 Å². The molecule has 0 amide bonds. The van der Waals surface area contributed by atoms with Crippen LogP contribution in [-0.4, -0.2) is 35.4 Å². The van der Waals surface area contributed by atoms with Gasteiger partial charge in [-0.15, -0.1) is 0 Å². The molecule has 0 aliphatic carbocycles. The van der Waals surface area contributed by atoms with Gasteiger partial charge in [-0.1, -0.05) is 11.6 Å². The van der Waals surface area contributed by atoms with Crippen molar-refractivity contribution >= 4 is 17.4 Å². The zero-order chi connectivity index (χ0) is 11.1. The topological polar surface area (TPSA) is 47.4 Å². The molecule has 0 N–H and O–H groups in total. The number of morpholine rings is 1. The minimum absolute atomic E-state index is 0.257. The van der Waals surface area contributed by atoms with Crippen LogP contribution < -0.4 is 10.6 Å². The van der Waals surface area contributed by atoms with Crippen LogP contribution in [0, 0.1) is 0 Å². The van der Waals surface area contributed by atoms with Gasteiger partial charge in [0.15, 0.2) is 0 Å². The predicted octanol–water partition coefficient (Wildman–Crippen LogP) is 0.506. The summed E-state index contributed by atoms with van der Waals surface area (Å²) in [6, 6.07) is 2.13. The molecular formula is C10H12ClN3O2. The van der Waals surface area contributed by atoms with Crippen LogP contribution in [0.5, 0.6) is 0 Å². The summed E-state index contributed by atoms with van der Waals surface area (Å²) in [4.78, 5) is 17.6. The molecule has 1 fully saturated rings. The Morgan fingerprint density at radius 1 is 1.50 bits per heavy atom. The van der Waals surface area contributed by atoms with Crippen LogP contribution in [0.4, 0.5) is 5.82 Å². The van der Waals surface area contributed by atoms with E-state index in [-0.39, 0.29) is 10.8 Å². The second kappa shape index (κ2) is 3.75. The van der Waals surface area contributed by atoms with Gasteiger partial charge in [0.25, 0.3) is 0 Å². The lowest BCUT2D eigenvalue weighted by Gasteiger charge is -2.41. The standard InChI is InChI=1S/C10H12ClN3O2/c11-8-5-9-13-3-4-16-6-7(13)1-2-14(9)10(15)12-8/h5,7H,1-4,6H2/t7-/m1/s1. The number of anilines is 1. The first-order chi connectivity index (χ1) is 7.75. The maximum Gasteiger partial charge on any atom is 0.350 e. The molecule has 0 spiro atoms. The van der Waals surface area contributed by atoms with Crippen LogP contribution in [-0.2, 0) is 11.3 Å². The highest BCUT2D eigenvalue weighted by molar-refractivity contribution is 6.29. The third-order valence-corrected chi connectivity index (χ3v) is 3.36. The molecule has 0 bridgehead atoms. The Balaban J connectivity index is 2.10. The summed E-state index contributed by atoms with van der Waals surface area (Å²) < 4.78 is 7.12. The monoisotopic (exact) mass is 241 g/mol. The molecule has 5 nitrogen and oxygen atoms in total. The van der Waals surface area contributed by atoms with Crippen molar-refractivity contribution in [2.75, 3.05) is 24.7 Å². The van der Waals surface area contributed by atoms with Gasteiger partial charge in [0.2, 0.25) is 0 Å². The van der Waals surface area contributed by atoms with Crippen molar-refractivity contribution in [2.45, 2.75) is 19.0 Å². The summed E-state index contributed by atoms with van der Waals surface area (Å²) in [5.41, 5.74) is -0.257. The van der Waals surface area contributed by atoms with E-state index in [2.05, 4.69) is 9.88 Å². The first-order valence-electron chi connectivity index (χ1n) is 5.37. The maximum atomic E-state index is 11.7. The van der Waals surface area contributed by atoms with E-state index in [4.69, 9.17) is 16.3 Å². The summed E-state index contributed by atoms with van der Waals surface area (Å²) in [6.07, 6.45) is 0.927. The smallest absolute Gasteiger partial charge is 0.350 e. The predicted molar refractivity (Wildman–Crippen MR) is 60.1 cm³/mol. The molecule has 0 radical (unpaired) electrons. The molecule has 3 rings (SSSR count). The Bertz CT molecular complexity index is 474. The van der Waals surface area contributed by atoms with Crippen molar-refractivity contribution in [1.82, 2.24) is 9.55 Å². The summed E-state index contributed by atoms with van der Waals surface area (Å²) >= 11 is 5.83. The van der Waals surface area contributed by atoms with E-state index in [1.807, 2.05) is 0 Å². The Morgan fingerprint density at radius 3 is 3.25 bits per heavy atom. The summed E-state index contributed by atoms with van der Waals surface area (Å²) in [6.45, 7) is 2.94. The van der Waals surface area contributed by atoms with Crippen molar-refractivity contribution in [3.8, 4) is 0 Å². The molecule has 0 aromatic carbocycles. The molecule has 1 atom stereocenters. The van der Waals surface area contributed by atoms with Gasteiger partial charge in [0.1, 0.15) is 11.0 Å². The van der Waals surface area contributed by atoms with E-state index in [0.29, 0.717) is 19.2 Å². The van der Waals surface area contributed by atoms with Crippen LogP contribution in [0.25, 0.3) is 0 Å². The van der Waals surface area contributed by atoms with Gasteiger partial charge in [0, 0.05) is 19.2 Å². The van der Waals surface area contributed by atoms with E-state index in [1.54, 1.807) is 10.6 Å². The minimum atomic E-state index is -0.257. The maximum absolute atomic E-state index is 11.7. The quantitative estimate of drug-likeness (QED) is 0.621. The van der Waals surface area contributed by atoms with Gasteiger partial charge in [-0.25, -0.2) is 4.79 Å². The number of rotatable bonds is 0. The van der Waals surface area contributed by atoms with E-state index >= 15 is 0 Å². The van der Waals surface area contributed by atoms with E-state index in [9.17, 15) is 4.79 Å². The molecule has 2 aliphatic heterocycles. The van der Waals surface area contributed by atoms with Crippen molar-refractivity contribution in [3.63, 3.8) is 0 Å². The fourth-order valence-corrected chi connectivity index (χ4v) is 2.56. The number of hydrogen-bond donors (Lipinski definition) is 0. The molecule has 1 saturated heterocycles. The largest absolute Gasteiger partial charge is 0.377 e. The third kappa shape index (κ3) is 1.51. The molecule has 86 valence electrons. The van der Waals surface area contributed by atoms with Crippen LogP contribution in [0.3, 0.4) is 0 Å². The highest BCUT2D eigenvalue weighted by Crippen LogP contribution is 2.26. The minimum Gasteiger partial charge on any atom is -0.377 e. The number of hydrogen-bond acceptors (Lipinski definition) is 4. The van der Waals surface area contributed by atoms with Crippen LogP contribution in [0.15, 0.2) is 10.9 Å². The first-order valence-corrected chi connectivity index (χ1v) is 5.75. The first kappa shape index (κ1) is 10.1. The average molecular weight is 242 g/mol. The van der Waals surface area contributed by atoms with Gasteiger partial charge in [-0.05, 0) is 6.42 Å². The Morgan fingerprint density at radius 2 is 2.38 bits per heavy atom. The molecule has 1 aromatic heterocycles. The highest BCUT2D eigenvalue weighted by Gasteiger charge is 2.29. The Kier molecular flexibility index (Phi) is 2.37. The van der Waals surface area contributed by atoms with Gasteiger partial charge in [0.05, 0.1) is 19.3 Å². The van der Waals surface area contributed by atoms with Crippen LogP contribution >= 0.6 is 11.6 Å². The fourth-order valence-electron chi connectivity index (χ4n) is 2.39. The number of fused-ring (bicyclic) bond motifs is 3. The lowest BCUT2D eigenvalue weighted by Crippen LogP contribution is -2.51. The number of nitrogens with zero attached hydrogens (tertiary/aromatic N) is 3. The SMILES string of the molecule is O=c1nc(Cl)cc2n1CC[C@@H]1COCCN21. The van der Waals surface area contributed by atoms with Gasteiger partial charge in [-0.2, -0.15) is 4.98 Å². The second-order valence-electron chi connectivity index (χ2n) is 4.08. The Labute approximate surface area is 97.6 Å². The molecule has 0 saturated carbocycles. The molecule has 0 unspecified atom stereocenters. The molecule has 2 aliphatic rings. The number of ether oxygens (including phenoxy) is 1. The van der Waals surface area contributed by atoms with E-state index < -0.39 is 0 Å². The summed E-state index contributed by atoms with van der Waals surface area (Å²) in [5, 5.41) is 0.267. The van der Waals surface area contributed by atoms with E-state index in [1.165, 1.54) is 0 Å². The summed E-state index contributed by atoms with van der Waals surface area (Å²) in [7, 11) is 0. The van der Waals surface area contributed by atoms with Crippen molar-refractivity contribution in [2.24, 2.45) is 0 Å². The average Bonchev–Trinajstić information content (AvgIpc) is 2.28. The van der Waals surface area contributed by atoms with Crippen LogP contribution in [0.1, 0.15) is 6.42 Å². The lowest BCUT2D eigenvalue weighted by atomic mass is 10.1. The normalized spacial score (nSPS) is 23.8. The van der Waals surface area contributed by atoms with Gasteiger partial charge < -0.3 is 9.64 Å². The Hall–Kier alpha value is -1.07. The van der Waals surface area contributed by atoms with Gasteiger partial charge >= 0.3 is 5.69 Å². The lowest BCUT2D eigenvalue weighted by molar-refractivity contribution is 0.0849. The number of aromatic nitrogens is 2. The van der Waals surface area contributed by atoms with Crippen LogP contribution in [0.2, 0.25) is 5.15 Å². The van der Waals surface area contributed by atoms with Crippen molar-refractivity contribution in [3.05, 3.63) is 21.7 Å². The molecule has 1 aromatic rings. The third-order valence-electron chi connectivity index (χ3n) is 3.17. The number of halogens is 1. The second-order valence-corrected chi connectivity index (χ2v) is 4.47. The molecule has 6 heteroatoms. The zero-order valence-corrected chi connectivity index (χ0v) is 9.48. The molecule has 16 heavy (non-hydrogen) atoms. The van der Waals surface area contributed by atoms with Gasteiger partial charge in [-0.3, -0.25) is 4.57 Å². The fraction of sp³-hybridized carbons (Fsp3) is 0.600. The highest BCUT2D eigenvalue weighted by atomic mass is 35.5. The van der Waals surface area contributed by atoms with Crippen molar-refractivity contribution < 1.29 is 4.74 Å². The summed E-state index contributed by atoms with van der Waals surface area (Å²) in [5.74, 6) is 0.879. The molecular weight excluding hydrogens is 230 g/mol. The van der Waals surface area contributed by atoms with Crippen molar-refractivity contribution in [1.29, 1.82) is 0 Å².